The van der Waals surface area contributed by atoms with Crippen molar-refractivity contribution >= 4 is 0 Å². The summed E-state index contributed by atoms with van der Waals surface area (Å²) in [6.45, 7) is 9.30. The lowest BCUT2D eigenvalue weighted by molar-refractivity contribution is -0.00504. The van der Waals surface area contributed by atoms with Crippen LogP contribution in [0.5, 0.6) is 0 Å². The van der Waals surface area contributed by atoms with E-state index in [0.29, 0.717) is 11.1 Å². The van der Waals surface area contributed by atoms with E-state index in [2.05, 4.69) is 25.7 Å². The van der Waals surface area contributed by atoms with Crippen molar-refractivity contribution in [2.24, 2.45) is 11.7 Å². The van der Waals surface area contributed by atoms with Crippen LogP contribution in [0.1, 0.15) is 59.3 Å². The third-order valence-electron chi connectivity index (χ3n) is 4.92. The predicted molar refractivity (Wildman–Crippen MR) is 69.4 cm³/mol. The van der Waals surface area contributed by atoms with E-state index in [1.165, 1.54) is 45.1 Å². The van der Waals surface area contributed by atoms with Crippen LogP contribution in [-0.2, 0) is 0 Å². The lowest BCUT2D eigenvalue weighted by atomic mass is 9.74. The molecule has 0 aromatic rings. The maximum absolute atomic E-state index is 6.16. The van der Waals surface area contributed by atoms with Crippen LogP contribution < -0.4 is 5.73 Å². The van der Waals surface area contributed by atoms with Crippen molar-refractivity contribution in [2.75, 3.05) is 13.1 Å². The molecule has 1 aliphatic carbocycles. The summed E-state index contributed by atoms with van der Waals surface area (Å²) in [5, 5.41) is 0. The van der Waals surface area contributed by atoms with Crippen molar-refractivity contribution in [1.29, 1.82) is 0 Å². The fourth-order valence-electron chi connectivity index (χ4n) is 4.16. The smallest absolute Gasteiger partial charge is 0.0339 e. The van der Waals surface area contributed by atoms with Gasteiger partial charge in [0, 0.05) is 17.6 Å². The van der Waals surface area contributed by atoms with Crippen LogP contribution in [0.3, 0.4) is 0 Å². The molecular formula is C14H28N2. The van der Waals surface area contributed by atoms with Crippen LogP contribution in [0.15, 0.2) is 0 Å². The Kier molecular flexibility index (Phi) is 3.33. The maximum Gasteiger partial charge on any atom is 0.0339 e. The lowest BCUT2D eigenvalue weighted by Gasteiger charge is -2.51. The van der Waals surface area contributed by atoms with Gasteiger partial charge in [0.1, 0.15) is 0 Å². The number of nitrogens with zero attached hydrogens (tertiary/aromatic N) is 1. The summed E-state index contributed by atoms with van der Waals surface area (Å²) < 4.78 is 0. The molecule has 2 atom stereocenters. The van der Waals surface area contributed by atoms with Gasteiger partial charge in [0.05, 0.1) is 0 Å². The summed E-state index contributed by atoms with van der Waals surface area (Å²) in [6, 6.07) is 0. The summed E-state index contributed by atoms with van der Waals surface area (Å²) in [6.07, 6.45) is 8.08. The highest BCUT2D eigenvalue weighted by atomic mass is 15.3. The van der Waals surface area contributed by atoms with Crippen molar-refractivity contribution in [3.8, 4) is 0 Å². The molecule has 2 unspecified atom stereocenters. The molecule has 2 rings (SSSR count). The number of likely N-dealkylation sites (tertiary alicyclic amines) is 1. The molecule has 2 N–H and O–H groups in total. The highest BCUT2D eigenvalue weighted by molar-refractivity contribution is 5.03. The number of nitrogens with two attached hydrogens (primary N) is 1. The topological polar surface area (TPSA) is 29.3 Å². The highest BCUT2D eigenvalue weighted by Crippen LogP contribution is 2.43. The van der Waals surface area contributed by atoms with Gasteiger partial charge in [-0.25, -0.2) is 0 Å². The Bertz CT molecular complexity index is 249. The minimum atomic E-state index is 0.317. The molecule has 1 heterocycles. The van der Waals surface area contributed by atoms with Crippen LogP contribution in [0.25, 0.3) is 0 Å². The second-order valence-electron chi connectivity index (χ2n) is 6.70. The van der Waals surface area contributed by atoms with Gasteiger partial charge >= 0.3 is 0 Å². The molecule has 0 bridgehead atoms. The molecular weight excluding hydrogens is 196 g/mol. The molecule has 2 nitrogen and oxygen atoms in total. The fraction of sp³-hybridized carbons (Fsp3) is 1.00. The first-order valence-corrected chi connectivity index (χ1v) is 6.98. The van der Waals surface area contributed by atoms with Crippen molar-refractivity contribution in [3.63, 3.8) is 0 Å². The number of hydrogen-bond donors (Lipinski definition) is 1. The third kappa shape index (κ3) is 2.02. The van der Waals surface area contributed by atoms with Gasteiger partial charge in [0.2, 0.25) is 0 Å². The van der Waals surface area contributed by atoms with Gasteiger partial charge in [-0.1, -0.05) is 19.8 Å². The van der Waals surface area contributed by atoms with Crippen LogP contribution in [-0.4, -0.2) is 29.1 Å². The van der Waals surface area contributed by atoms with E-state index in [1.54, 1.807) is 0 Å². The molecule has 0 amide bonds. The van der Waals surface area contributed by atoms with E-state index in [9.17, 15) is 0 Å². The van der Waals surface area contributed by atoms with Crippen molar-refractivity contribution in [1.82, 2.24) is 4.90 Å². The Morgan fingerprint density at radius 1 is 1.25 bits per heavy atom. The molecule has 0 aromatic carbocycles. The zero-order valence-electron chi connectivity index (χ0n) is 11.3. The molecule has 94 valence electrons. The molecule has 0 aromatic heterocycles. The molecule has 2 fully saturated rings. The summed E-state index contributed by atoms with van der Waals surface area (Å²) in [5.74, 6) is 0.855. The largest absolute Gasteiger partial charge is 0.329 e. The van der Waals surface area contributed by atoms with E-state index >= 15 is 0 Å². The Morgan fingerprint density at radius 3 is 2.50 bits per heavy atom. The standard InChI is InChI=1S/C14H28N2/c1-12-6-4-8-14(10-12,11-15)16-9-5-7-13(16,2)3/h12H,4-11,15H2,1-3H3. The monoisotopic (exact) mass is 224 g/mol. The quantitative estimate of drug-likeness (QED) is 0.781. The van der Waals surface area contributed by atoms with Gasteiger partial charge in [0.25, 0.3) is 0 Å². The third-order valence-corrected chi connectivity index (χ3v) is 4.92. The molecule has 1 saturated carbocycles. The van der Waals surface area contributed by atoms with Crippen LogP contribution in [0, 0.1) is 5.92 Å². The van der Waals surface area contributed by atoms with Gasteiger partial charge < -0.3 is 5.73 Å². The molecule has 2 heteroatoms. The number of hydrogen-bond acceptors (Lipinski definition) is 2. The Hall–Kier alpha value is -0.0800. The van der Waals surface area contributed by atoms with E-state index in [4.69, 9.17) is 5.73 Å². The average Bonchev–Trinajstić information content (AvgIpc) is 2.58. The number of rotatable bonds is 2. The van der Waals surface area contributed by atoms with Gasteiger partial charge in [-0.15, -0.1) is 0 Å². The summed E-state index contributed by atoms with van der Waals surface area (Å²) in [7, 11) is 0. The second-order valence-corrected chi connectivity index (χ2v) is 6.70. The molecule has 1 aliphatic heterocycles. The zero-order valence-corrected chi connectivity index (χ0v) is 11.3. The first-order valence-electron chi connectivity index (χ1n) is 6.98. The first kappa shape index (κ1) is 12.4. The second kappa shape index (κ2) is 4.30. The minimum absolute atomic E-state index is 0.317. The van der Waals surface area contributed by atoms with Crippen LogP contribution in [0.2, 0.25) is 0 Å². The maximum atomic E-state index is 6.16. The molecule has 0 spiro atoms. The van der Waals surface area contributed by atoms with Gasteiger partial charge in [0.15, 0.2) is 0 Å². The molecule has 0 radical (unpaired) electrons. The highest BCUT2D eigenvalue weighted by Gasteiger charge is 2.47. The van der Waals surface area contributed by atoms with E-state index in [0.717, 1.165) is 12.5 Å². The van der Waals surface area contributed by atoms with E-state index in [1.807, 2.05) is 0 Å². The lowest BCUT2D eigenvalue weighted by Crippen LogP contribution is -2.60. The van der Waals surface area contributed by atoms with Crippen molar-refractivity contribution in [2.45, 2.75) is 70.4 Å². The molecule has 16 heavy (non-hydrogen) atoms. The normalized spacial score (nSPS) is 40.1. The van der Waals surface area contributed by atoms with Gasteiger partial charge in [-0.3, -0.25) is 4.90 Å². The average molecular weight is 224 g/mol. The SMILES string of the molecule is CC1CCCC(CN)(N2CCCC2(C)C)C1. The minimum Gasteiger partial charge on any atom is -0.329 e. The molecule has 1 saturated heterocycles. The van der Waals surface area contributed by atoms with Gasteiger partial charge in [-0.2, -0.15) is 0 Å². The Labute approximate surface area is 101 Å². The van der Waals surface area contributed by atoms with Crippen molar-refractivity contribution in [3.05, 3.63) is 0 Å². The summed E-state index contributed by atoms with van der Waals surface area (Å²) in [5.41, 5.74) is 6.85. The predicted octanol–water partition coefficient (Wildman–Crippen LogP) is 2.77. The van der Waals surface area contributed by atoms with E-state index < -0.39 is 0 Å². The Morgan fingerprint density at radius 2 is 2.00 bits per heavy atom. The Balaban J connectivity index is 2.20. The van der Waals surface area contributed by atoms with Crippen molar-refractivity contribution < 1.29 is 0 Å². The summed E-state index contributed by atoms with van der Waals surface area (Å²) in [4.78, 5) is 2.75. The van der Waals surface area contributed by atoms with Gasteiger partial charge in [-0.05, 0) is 52.0 Å². The van der Waals surface area contributed by atoms with E-state index in [-0.39, 0.29) is 0 Å². The summed E-state index contributed by atoms with van der Waals surface area (Å²) >= 11 is 0. The van der Waals surface area contributed by atoms with Crippen LogP contribution >= 0.6 is 0 Å². The fourth-order valence-corrected chi connectivity index (χ4v) is 4.16. The zero-order chi connectivity index (χ0) is 11.8. The molecule has 2 aliphatic rings. The van der Waals surface area contributed by atoms with Crippen LogP contribution in [0.4, 0.5) is 0 Å². The first-order chi connectivity index (χ1) is 7.50.